The third kappa shape index (κ3) is 6.32. The Hall–Kier alpha value is -4.94. The van der Waals surface area contributed by atoms with Crippen LogP contribution in [0.25, 0.3) is 10.8 Å². The number of esters is 1. The monoisotopic (exact) mass is 534 g/mol. The number of ether oxygens (including phenoxy) is 2. The van der Waals surface area contributed by atoms with Crippen molar-refractivity contribution in [2.24, 2.45) is 5.10 Å². The first-order valence-corrected chi connectivity index (χ1v) is 12.5. The Morgan fingerprint density at radius 3 is 2.31 bits per heavy atom. The van der Waals surface area contributed by atoms with Gasteiger partial charge in [0.2, 0.25) is 0 Å². The zero-order chi connectivity index (χ0) is 27.0. The van der Waals surface area contributed by atoms with Crippen molar-refractivity contribution in [1.29, 1.82) is 0 Å². The molecule has 0 aliphatic carbocycles. The van der Waals surface area contributed by atoms with Gasteiger partial charge in [0.1, 0.15) is 18.1 Å². The molecule has 0 aliphatic rings. The minimum atomic E-state index is -0.537. The molecular formula is C32H23ClN2O4. The van der Waals surface area contributed by atoms with Crippen molar-refractivity contribution >= 4 is 40.5 Å². The summed E-state index contributed by atoms with van der Waals surface area (Å²) < 4.78 is 11.6. The van der Waals surface area contributed by atoms with Crippen molar-refractivity contribution in [2.45, 2.75) is 6.61 Å². The molecule has 0 radical (unpaired) electrons. The van der Waals surface area contributed by atoms with E-state index in [1.807, 2.05) is 60.7 Å². The van der Waals surface area contributed by atoms with Crippen LogP contribution in [0.5, 0.6) is 11.5 Å². The number of fused-ring (bicyclic) bond motifs is 1. The molecule has 0 unspecified atom stereocenters. The fourth-order valence-electron chi connectivity index (χ4n) is 3.97. The second kappa shape index (κ2) is 12.1. The predicted octanol–water partition coefficient (Wildman–Crippen LogP) is 7.06. The van der Waals surface area contributed by atoms with E-state index in [4.69, 9.17) is 21.1 Å². The molecule has 1 N–H and O–H groups in total. The van der Waals surface area contributed by atoms with E-state index in [9.17, 15) is 9.59 Å². The van der Waals surface area contributed by atoms with Crippen molar-refractivity contribution in [1.82, 2.24) is 5.43 Å². The van der Waals surface area contributed by atoms with Crippen LogP contribution in [0.15, 0.2) is 120 Å². The number of hydrogen-bond donors (Lipinski definition) is 1. The van der Waals surface area contributed by atoms with Gasteiger partial charge >= 0.3 is 5.97 Å². The first-order valence-electron chi connectivity index (χ1n) is 12.2. The second-order valence-corrected chi connectivity index (χ2v) is 9.00. The highest BCUT2D eigenvalue weighted by Gasteiger charge is 2.15. The molecule has 39 heavy (non-hydrogen) atoms. The van der Waals surface area contributed by atoms with Crippen LogP contribution in [0.1, 0.15) is 31.8 Å². The van der Waals surface area contributed by atoms with Crippen LogP contribution in [-0.2, 0) is 6.61 Å². The van der Waals surface area contributed by atoms with Gasteiger partial charge in [0, 0.05) is 10.6 Å². The smallest absolute Gasteiger partial charge is 0.343 e. The average Bonchev–Trinajstić information content (AvgIpc) is 2.98. The Kier molecular flexibility index (Phi) is 7.95. The van der Waals surface area contributed by atoms with Gasteiger partial charge in [-0.3, -0.25) is 4.79 Å². The summed E-state index contributed by atoms with van der Waals surface area (Å²) in [4.78, 5) is 25.8. The molecule has 0 atom stereocenters. The van der Waals surface area contributed by atoms with Gasteiger partial charge in [-0.05, 0) is 58.8 Å². The zero-order valence-corrected chi connectivity index (χ0v) is 21.5. The van der Waals surface area contributed by atoms with Gasteiger partial charge in [0.25, 0.3) is 5.91 Å². The van der Waals surface area contributed by atoms with Crippen LogP contribution < -0.4 is 14.9 Å². The van der Waals surface area contributed by atoms with E-state index >= 15 is 0 Å². The molecule has 0 heterocycles. The SMILES string of the molecule is O=C(Oc1ccc2ccccc2c1/C=N/NC(=O)c1ccccc1OCc1ccccc1)c1ccc(Cl)cc1. The quantitative estimate of drug-likeness (QED) is 0.100. The van der Waals surface area contributed by atoms with Crippen LogP contribution >= 0.6 is 11.6 Å². The molecule has 7 heteroatoms. The lowest BCUT2D eigenvalue weighted by Crippen LogP contribution is -2.19. The summed E-state index contributed by atoms with van der Waals surface area (Å²) in [6.07, 6.45) is 1.47. The highest BCUT2D eigenvalue weighted by atomic mass is 35.5. The highest BCUT2D eigenvalue weighted by Crippen LogP contribution is 2.28. The van der Waals surface area contributed by atoms with E-state index in [1.54, 1.807) is 54.6 Å². The summed E-state index contributed by atoms with van der Waals surface area (Å²) >= 11 is 5.94. The second-order valence-electron chi connectivity index (χ2n) is 8.56. The molecule has 192 valence electrons. The molecule has 0 spiro atoms. The minimum Gasteiger partial charge on any atom is -0.488 e. The maximum Gasteiger partial charge on any atom is 0.343 e. The number of rotatable bonds is 8. The predicted molar refractivity (Wildman–Crippen MR) is 153 cm³/mol. The lowest BCUT2D eigenvalue weighted by Gasteiger charge is -2.11. The van der Waals surface area contributed by atoms with Gasteiger partial charge in [0.05, 0.1) is 17.3 Å². The summed E-state index contributed by atoms with van der Waals surface area (Å²) in [7, 11) is 0. The van der Waals surface area contributed by atoms with Crippen LogP contribution in [0.2, 0.25) is 5.02 Å². The molecule has 0 saturated carbocycles. The molecule has 5 rings (SSSR count). The van der Waals surface area contributed by atoms with Gasteiger partial charge in [-0.1, -0.05) is 84.4 Å². The largest absolute Gasteiger partial charge is 0.488 e. The highest BCUT2D eigenvalue weighted by molar-refractivity contribution is 6.30. The summed E-state index contributed by atoms with van der Waals surface area (Å²) in [6.45, 7) is 0.326. The number of halogens is 1. The summed E-state index contributed by atoms with van der Waals surface area (Å²) in [5.74, 6) is -0.227. The van der Waals surface area contributed by atoms with E-state index in [2.05, 4.69) is 10.5 Å². The maximum absolute atomic E-state index is 13.0. The molecule has 6 nitrogen and oxygen atoms in total. The van der Waals surface area contributed by atoms with Crippen molar-refractivity contribution in [2.75, 3.05) is 0 Å². The van der Waals surface area contributed by atoms with Crippen molar-refractivity contribution in [3.8, 4) is 11.5 Å². The molecule has 0 aliphatic heterocycles. The Morgan fingerprint density at radius 2 is 1.49 bits per heavy atom. The number of carbonyl (C=O) groups is 2. The Morgan fingerprint density at radius 1 is 0.769 bits per heavy atom. The lowest BCUT2D eigenvalue weighted by molar-refractivity contribution is 0.0734. The first kappa shape index (κ1) is 25.7. The molecular weight excluding hydrogens is 512 g/mol. The molecule has 0 bridgehead atoms. The van der Waals surface area contributed by atoms with E-state index in [0.717, 1.165) is 16.3 Å². The molecule has 0 aromatic heterocycles. The fourth-order valence-corrected chi connectivity index (χ4v) is 4.10. The van der Waals surface area contributed by atoms with Gasteiger partial charge < -0.3 is 9.47 Å². The van der Waals surface area contributed by atoms with Crippen molar-refractivity contribution in [3.05, 3.63) is 143 Å². The summed E-state index contributed by atoms with van der Waals surface area (Å²) in [5.41, 5.74) is 4.80. The van der Waals surface area contributed by atoms with Gasteiger partial charge in [-0.2, -0.15) is 5.10 Å². The molecule has 5 aromatic carbocycles. The van der Waals surface area contributed by atoms with Crippen LogP contribution in [-0.4, -0.2) is 18.1 Å². The van der Waals surface area contributed by atoms with Crippen molar-refractivity contribution < 1.29 is 19.1 Å². The van der Waals surface area contributed by atoms with Crippen LogP contribution in [0, 0.1) is 0 Å². The molecule has 1 amide bonds. The normalized spacial score (nSPS) is 10.9. The zero-order valence-electron chi connectivity index (χ0n) is 20.7. The number of hydrazone groups is 1. The minimum absolute atomic E-state index is 0.304. The lowest BCUT2D eigenvalue weighted by atomic mass is 10.0. The van der Waals surface area contributed by atoms with Gasteiger partial charge in [-0.25, -0.2) is 10.2 Å². The third-order valence-electron chi connectivity index (χ3n) is 5.94. The standard InChI is InChI=1S/C32H23ClN2O4/c33-25-17-14-24(15-18-25)32(37)39-30-19-16-23-10-4-5-11-26(23)28(30)20-34-35-31(36)27-12-6-7-13-29(27)38-21-22-8-2-1-3-9-22/h1-20H,21H2,(H,35,36)/b34-20+. The average molecular weight is 535 g/mol. The molecule has 0 fully saturated rings. The van der Waals surface area contributed by atoms with E-state index in [0.29, 0.717) is 39.8 Å². The van der Waals surface area contributed by atoms with Gasteiger partial charge in [0.15, 0.2) is 0 Å². The van der Waals surface area contributed by atoms with Crippen LogP contribution in [0.4, 0.5) is 0 Å². The summed E-state index contributed by atoms with van der Waals surface area (Å²) in [5, 5.41) is 6.45. The van der Waals surface area contributed by atoms with Gasteiger partial charge in [-0.15, -0.1) is 0 Å². The number of hydrogen-bond acceptors (Lipinski definition) is 5. The molecule has 0 saturated heterocycles. The molecule has 5 aromatic rings. The fraction of sp³-hybridized carbons (Fsp3) is 0.0312. The topological polar surface area (TPSA) is 77.0 Å². The van der Waals surface area contributed by atoms with Crippen LogP contribution in [0.3, 0.4) is 0 Å². The van der Waals surface area contributed by atoms with E-state index in [-0.39, 0.29) is 0 Å². The Balaban J connectivity index is 1.36. The number of nitrogens with one attached hydrogen (secondary N) is 1. The first-order chi connectivity index (χ1) is 19.1. The van der Waals surface area contributed by atoms with E-state index < -0.39 is 11.9 Å². The number of para-hydroxylation sites is 1. The summed E-state index contributed by atoms with van der Waals surface area (Å²) in [6, 6.07) is 34.3. The Labute approximate surface area is 230 Å². The number of carbonyl (C=O) groups excluding carboxylic acids is 2. The Bertz CT molecular complexity index is 1650. The third-order valence-corrected chi connectivity index (χ3v) is 6.19. The number of amides is 1. The number of benzene rings is 5. The van der Waals surface area contributed by atoms with E-state index in [1.165, 1.54) is 6.21 Å². The number of nitrogens with zero attached hydrogens (tertiary/aromatic N) is 1. The maximum atomic E-state index is 13.0. The van der Waals surface area contributed by atoms with Crippen molar-refractivity contribution in [3.63, 3.8) is 0 Å².